The highest BCUT2D eigenvalue weighted by molar-refractivity contribution is 6.31. The fourth-order valence-electron chi connectivity index (χ4n) is 2.90. The number of rotatable bonds is 3. The normalized spacial score (nSPS) is 26.5. The van der Waals surface area contributed by atoms with Gasteiger partial charge in [0.25, 0.3) is 0 Å². The van der Waals surface area contributed by atoms with Gasteiger partial charge in [-0.05, 0) is 31.5 Å². The molecule has 1 aliphatic rings. The summed E-state index contributed by atoms with van der Waals surface area (Å²) in [5.41, 5.74) is 8.07. The highest BCUT2D eigenvalue weighted by atomic mass is 35.5. The van der Waals surface area contributed by atoms with Gasteiger partial charge < -0.3 is 15.0 Å². The summed E-state index contributed by atoms with van der Waals surface area (Å²) in [6, 6.07) is 5.81. The van der Waals surface area contributed by atoms with Gasteiger partial charge in [0.2, 0.25) is 0 Å². The highest BCUT2D eigenvalue weighted by Gasteiger charge is 2.43. The van der Waals surface area contributed by atoms with Crippen LogP contribution in [0, 0.1) is 0 Å². The Morgan fingerprint density at radius 1 is 1.55 bits per heavy atom. The van der Waals surface area contributed by atoms with E-state index in [0.29, 0.717) is 13.2 Å². The highest BCUT2D eigenvalue weighted by Crippen LogP contribution is 2.34. The summed E-state index contributed by atoms with van der Waals surface area (Å²) in [7, 11) is 0. The number of nitrogens with two attached hydrogens (primary N) is 1. The fraction of sp³-hybridized carbons (Fsp3) is 0.533. The monoisotopic (exact) mass is 293 g/mol. The molecular weight excluding hydrogens is 274 g/mol. The van der Waals surface area contributed by atoms with E-state index in [1.807, 2.05) is 18.2 Å². The van der Waals surface area contributed by atoms with E-state index in [4.69, 9.17) is 27.1 Å². The van der Waals surface area contributed by atoms with Crippen molar-refractivity contribution in [2.45, 2.75) is 38.3 Å². The molecule has 0 saturated carbocycles. The Bertz CT molecular complexity index is 639. The number of imidazole rings is 1. The second-order valence-electron chi connectivity index (χ2n) is 5.76. The third kappa shape index (κ3) is 2.03. The molecule has 2 atom stereocenters. The molecule has 2 heterocycles. The molecule has 5 heteroatoms. The number of hydrogen-bond acceptors (Lipinski definition) is 3. The van der Waals surface area contributed by atoms with Crippen LogP contribution in [0.2, 0.25) is 5.02 Å². The van der Waals surface area contributed by atoms with E-state index in [-0.39, 0.29) is 11.5 Å². The smallest absolute Gasteiger partial charge is 0.119 e. The third-order valence-electron chi connectivity index (χ3n) is 4.19. The Morgan fingerprint density at radius 3 is 3.00 bits per heavy atom. The van der Waals surface area contributed by atoms with Crippen LogP contribution in [0.1, 0.15) is 26.1 Å². The number of fused-ring (bicyclic) bond motifs is 1. The Balaban J connectivity index is 2.21. The lowest BCUT2D eigenvalue weighted by atomic mass is 9.85. The number of ether oxygens (including phenoxy) is 1. The lowest BCUT2D eigenvalue weighted by molar-refractivity contribution is 0.177. The molecule has 2 aromatic rings. The molecule has 0 spiro atoms. The van der Waals surface area contributed by atoms with Gasteiger partial charge >= 0.3 is 0 Å². The Labute approximate surface area is 123 Å². The number of halogens is 1. The first-order valence-electron chi connectivity index (χ1n) is 7.06. The molecule has 1 saturated heterocycles. The van der Waals surface area contributed by atoms with Gasteiger partial charge in [-0.25, -0.2) is 4.98 Å². The zero-order valence-corrected chi connectivity index (χ0v) is 12.7. The Kier molecular flexibility index (Phi) is 3.48. The molecule has 1 fully saturated rings. The van der Waals surface area contributed by atoms with Crippen LogP contribution < -0.4 is 5.73 Å². The lowest BCUT2D eigenvalue weighted by Crippen LogP contribution is -2.43. The van der Waals surface area contributed by atoms with Crippen molar-refractivity contribution in [2.24, 2.45) is 5.73 Å². The predicted octanol–water partition coefficient (Wildman–Crippen LogP) is 2.71. The summed E-state index contributed by atoms with van der Waals surface area (Å²) in [5, 5.41) is 0.735. The predicted molar refractivity (Wildman–Crippen MR) is 81.2 cm³/mol. The SMILES string of the molecule is CCCn1c(C2(C)COCC2N)nc2ccc(Cl)cc21. The minimum Gasteiger partial charge on any atom is -0.379 e. The summed E-state index contributed by atoms with van der Waals surface area (Å²) in [5.74, 6) is 1.02. The number of hydrogen-bond donors (Lipinski definition) is 1. The van der Waals surface area contributed by atoms with Crippen molar-refractivity contribution < 1.29 is 4.74 Å². The average molecular weight is 294 g/mol. The van der Waals surface area contributed by atoms with Crippen molar-refractivity contribution in [2.75, 3.05) is 13.2 Å². The van der Waals surface area contributed by atoms with E-state index in [2.05, 4.69) is 18.4 Å². The number of aryl methyl sites for hydroxylation is 1. The van der Waals surface area contributed by atoms with Gasteiger partial charge in [-0.3, -0.25) is 0 Å². The van der Waals surface area contributed by atoms with Gasteiger partial charge in [0.15, 0.2) is 0 Å². The first-order valence-corrected chi connectivity index (χ1v) is 7.43. The molecule has 0 amide bonds. The van der Waals surface area contributed by atoms with Crippen LogP contribution in [0.3, 0.4) is 0 Å². The van der Waals surface area contributed by atoms with E-state index < -0.39 is 0 Å². The second-order valence-corrected chi connectivity index (χ2v) is 6.20. The maximum atomic E-state index is 6.26. The van der Waals surface area contributed by atoms with Crippen molar-refractivity contribution in [1.82, 2.24) is 9.55 Å². The molecule has 0 radical (unpaired) electrons. The summed E-state index contributed by atoms with van der Waals surface area (Å²) in [6.45, 7) is 6.42. The molecule has 0 aliphatic carbocycles. The van der Waals surface area contributed by atoms with Crippen LogP contribution in [-0.2, 0) is 16.7 Å². The zero-order valence-electron chi connectivity index (χ0n) is 11.9. The van der Waals surface area contributed by atoms with Crippen LogP contribution in [0.5, 0.6) is 0 Å². The van der Waals surface area contributed by atoms with Crippen molar-refractivity contribution in [1.29, 1.82) is 0 Å². The molecule has 1 aromatic carbocycles. The van der Waals surface area contributed by atoms with E-state index in [1.165, 1.54) is 0 Å². The summed E-state index contributed by atoms with van der Waals surface area (Å²) >= 11 is 6.13. The first-order chi connectivity index (χ1) is 9.56. The van der Waals surface area contributed by atoms with Crippen LogP contribution in [0.4, 0.5) is 0 Å². The number of aromatic nitrogens is 2. The third-order valence-corrected chi connectivity index (χ3v) is 4.42. The Hall–Kier alpha value is -1.10. The topological polar surface area (TPSA) is 53.1 Å². The molecule has 2 unspecified atom stereocenters. The van der Waals surface area contributed by atoms with Crippen LogP contribution >= 0.6 is 11.6 Å². The van der Waals surface area contributed by atoms with E-state index >= 15 is 0 Å². The van der Waals surface area contributed by atoms with Gasteiger partial charge in [-0.1, -0.05) is 18.5 Å². The fourth-order valence-corrected chi connectivity index (χ4v) is 3.07. The quantitative estimate of drug-likeness (QED) is 0.947. The van der Waals surface area contributed by atoms with Crippen LogP contribution in [0.15, 0.2) is 18.2 Å². The molecule has 1 aliphatic heterocycles. The molecule has 20 heavy (non-hydrogen) atoms. The largest absolute Gasteiger partial charge is 0.379 e. The molecular formula is C15H20ClN3O. The minimum absolute atomic E-state index is 0.0228. The maximum absolute atomic E-state index is 6.26. The molecule has 2 N–H and O–H groups in total. The van der Waals surface area contributed by atoms with Gasteiger partial charge in [0, 0.05) is 17.6 Å². The van der Waals surface area contributed by atoms with Crippen LogP contribution in [-0.4, -0.2) is 28.8 Å². The zero-order chi connectivity index (χ0) is 14.3. The molecule has 0 bridgehead atoms. The lowest BCUT2D eigenvalue weighted by Gasteiger charge is -2.27. The van der Waals surface area contributed by atoms with Crippen molar-refractivity contribution in [3.8, 4) is 0 Å². The molecule has 108 valence electrons. The molecule has 1 aromatic heterocycles. The van der Waals surface area contributed by atoms with Gasteiger partial charge in [0.05, 0.1) is 29.7 Å². The van der Waals surface area contributed by atoms with Crippen LogP contribution in [0.25, 0.3) is 11.0 Å². The number of benzene rings is 1. The summed E-state index contributed by atoms with van der Waals surface area (Å²) < 4.78 is 7.82. The minimum atomic E-state index is -0.235. The van der Waals surface area contributed by atoms with E-state index in [0.717, 1.165) is 34.8 Å². The standard InChI is InChI=1S/C15H20ClN3O/c1-3-6-19-12-7-10(16)4-5-11(12)18-14(19)15(2)9-20-8-13(15)17/h4-5,7,13H,3,6,8-9,17H2,1-2H3. The van der Waals surface area contributed by atoms with Gasteiger partial charge in [0.1, 0.15) is 5.82 Å². The van der Waals surface area contributed by atoms with E-state index in [1.54, 1.807) is 0 Å². The summed E-state index contributed by atoms with van der Waals surface area (Å²) in [6.07, 6.45) is 1.04. The average Bonchev–Trinajstić information content (AvgIpc) is 2.93. The first kappa shape index (κ1) is 13.9. The summed E-state index contributed by atoms with van der Waals surface area (Å²) in [4.78, 5) is 4.82. The van der Waals surface area contributed by atoms with E-state index in [9.17, 15) is 0 Å². The van der Waals surface area contributed by atoms with Crippen molar-refractivity contribution >= 4 is 22.6 Å². The Morgan fingerprint density at radius 2 is 2.35 bits per heavy atom. The van der Waals surface area contributed by atoms with Crippen molar-refractivity contribution in [3.05, 3.63) is 29.0 Å². The second kappa shape index (κ2) is 5.02. The van der Waals surface area contributed by atoms with Crippen molar-refractivity contribution in [3.63, 3.8) is 0 Å². The molecule has 3 rings (SSSR count). The number of nitrogens with zero attached hydrogens (tertiary/aromatic N) is 2. The van der Waals surface area contributed by atoms with Gasteiger partial charge in [-0.2, -0.15) is 0 Å². The van der Waals surface area contributed by atoms with Gasteiger partial charge in [-0.15, -0.1) is 0 Å². The molecule has 4 nitrogen and oxygen atoms in total. The maximum Gasteiger partial charge on any atom is 0.119 e.